The molecule has 1 aliphatic carbocycles. The van der Waals surface area contributed by atoms with Crippen LogP contribution in [0.25, 0.3) is 28.0 Å². The molecular formula is C44H48ClN2+. The molecule has 0 N–H and O–H groups in total. The second-order valence-electron chi connectivity index (χ2n) is 11.9. The lowest BCUT2D eigenvalue weighted by Gasteiger charge is -2.25. The predicted molar refractivity (Wildman–Crippen MR) is 204 cm³/mol. The van der Waals surface area contributed by atoms with Crippen molar-refractivity contribution in [1.29, 1.82) is 0 Å². The van der Waals surface area contributed by atoms with Gasteiger partial charge in [0.2, 0.25) is 5.71 Å². The van der Waals surface area contributed by atoms with Crippen molar-refractivity contribution in [3.63, 3.8) is 0 Å². The molecule has 0 saturated heterocycles. The summed E-state index contributed by atoms with van der Waals surface area (Å²) < 4.78 is 2.42. The first-order chi connectivity index (χ1) is 23.1. The summed E-state index contributed by atoms with van der Waals surface area (Å²) in [4.78, 5) is 2.42. The Bertz CT molecular complexity index is 1750. The van der Waals surface area contributed by atoms with Crippen molar-refractivity contribution in [3.8, 4) is 22.3 Å². The highest BCUT2D eigenvalue weighted by molar-refractivity contribution is 6.32. The van der Waals surface area contributed by atoms with E-state index >= 15 is 0 Å². The van der Waals surface area contributed by atoms with Crippen molar-refractivity contribution < 1.29 is 4.58 Å². The fraction of sp³-hybridized carbons (Fsp3) is 0.250. The Balaban J connectivity index is 1.44. The molecule has 240 valence electrons. The third-order valence-corrected chi connectivity index (χ3v) is 9.61. The second-order valence-corrected chi connectivity index (χ2v) is 12.3. The van der Waals surface area contributed by atoms with Crippen molar-refractivity contribution in [2.75, 3.05) is 26.2 Å². The van der Waals surface area contributed by atoms with Crippen LogP contribution in [0.2, 0.25) is 0 Å². The normalized spacial score (nSPS) is 14.6. The van der Waals surface area contributed by atoms with Crippen molar-refractivity contribution in [3.05, 3.63) is 161 Å². The van der Waals surface area contributed by atoms with Gasteiger partial charge in [0, 0.05) is 35.5 Å². The zero-order valence-corrected chi connectivity index (χ0v) is 29.2. The molecular weight excluding hydrogens is 592 g/mol. The van der Waals surface area contributed by atoms with Crippen molar-refractivity contribution in [2.45, 2.75) is 47.0 Å². The van der Waals surface area contributed by atoms with Gasteiger partial charge in [-0.2, -0.15) is 0 Å². The lowest BCUT2D eigenvalue weighted by atomic mass is 9.93. The Kier molecular flexibility index (Phi) is 12.2. The molecule has 0 bridgehead atoms. The average Bonchev–Trinajstić information content (AvgIpc) is 3.14. The van der Waals surface area contributed by atoms with Gasteiger partial charge in [-0.05, 0) is 104 Å². The lowest BCUT2D eigenvalue weighted by Crippen LogP contribution is -2.21. The molecule has 5 rings (SSSR count). The maximum Gasteiger partial charge on any atom is 0.207 e. The molecule has 0 unspecified atom stereocenters. The van der Waals surface area contributed by atoms with Gasteiger partial charge < -0.3 is 4.90 Å². The molecule has 0 aliphatic heterocycles. The number of hydrogen-bond acceptors (Lipinski definition) is 1. The maximum atomic E-state index is 7.17. The number of benzene rings is 4. The molecule has 4 aromatic rings. The Morgan fingerprint density at radius 3 is 1.68 bits per heavy atom. The van der Waals surface area contributed by atoms with Crippen molar-refractivity contribution >= 4 is 23.0 Å². The van der Waals surface area contributed by atoms with Crippen LogP contribution in [0.1, 0.15) is 58.1 Å². The zero-order valence-electron chi connectivity index (χ0n) is 28.4. The molecule has 0 spiro atoms. The molecule has 1 aliphatic rings. The van der Waals surface area contributed by atoms with E-state index < -0.39 is 0 Å². The van der Waals surface area contributed by atoms with Crippen molar-refractivity contribution in [2.24, 2.45) is 0 Å². The third kappa shape index (κ3) is 8.50. The summed E-state index contributed by atoms with van der Waals surface area (Å²) in [5.74, 6) is 0. The van der Waals surface area contributed by atoms with Crippen LogP contribution in [0.4, 0.5) is 0 Å². The van der Waals surface area contributed by atoms with E-state index in [4.69, 9.17) is 11.6 Å². The molecule has 0 heterocycles. The van der Waals surface area contributed by atoms with Gasteiger partial charge in [0.25, 0.3) is 0 Å². The molecule has 0 fully saturated rings. The molecule has 2 nitrogen and oxygen atoms in total. The van der Waals surface area contributed by atoms with Gasteiger partial charge in [-0.1, -0.05) is 121 Å². The van der Waals surface area contributed by atoms with Gasteiger partial charge in [0.15, 0.2) is 0 Å². The maximum absolute atomic E-state index is 7.17. The largest absolute Gasteiger partial charge is 0.372 e. The highest BCUT2D eigenvalue weighted by Gasteiger charge is 2.17. The molecule has 4 aromatic carbocycles. The van der Waals surface area contributed by atoms with E-state index in [2.05, 4.69) is 171 Å². The first-order valence-electron chi connectivity index (χ1n) is 17.2. The summed E-state index contributed by atoms with van der Waals surface area (Å²) in [6.07, 6.45) is 12.1. The summed E-state index contributed by atoms with van der Waals surface area (Å²) in [5.41, 5.74) is 12.2. The smallest absolute Gasteiger partial charge is 0.207 e. The summed E-state index contributed by atoms with van der Waals surface area (Å²) >= 11 is 7.17. The van der Waals surface area contributed by atoms with Crippen LogP contribution < -0.4 is 0 Å². The SMILES string of the molecule is CCN(CC)/C(=C/C=C1\CCCC(/C=C/C(c2ccc(-c3ccccc3)cc2)=[N+](CC)CC)=C1Cl)c1ccc(-c2ccccc2)cc1. The topological polar surface area (TPSA) is 6.25 Å². The predicted octanol–water partition coefficient (Wildman–Crippen LogP) is 11.4. The molecule has 3 heteroatoms. The van der Waals surface area contributed by atoms with Crippen LogP contribution in [-0.4, -0.2) is 41.4 Å². The Morgan fingerprint density at radius 2 is 1.17 bits per heavy atom. The highest BCUT2D eigenvalue weighted by Crippen LogP contribution is 2.34. The lowest BCUT2D eigenvalue weighted by molar-refractivity contribution is -0.519. The number of halogens is 1. The van der Waals surface area contributed by atoms with Crippen LogP contribution in [0.15, 0.2) is 150 Å². The summed E-state index contributed by atoms with van der Waals surface area (Å²) in [6.45, 7) is 12.7. The van der Waals surface area contributed by atoms with Crippen molar-refractivity contribution in [1.82, 2.24) is 4.90 Å². The van der Waals surface area contributed by atoms with Gasteiger partial charge in [-0.25, -0.2) is 4.58 Å². The standard InChI is InChI=1S/C44H48ClN2/c1-5-46(6-2)42(38-26-22-36(23-27-38)34-16-11-9-12-17-34)32-30-40-20-15-21-41(44(40)45)31-33-43(47(7-3)8-4)39-28-24-37(25-29-39)35-18-13-10-14-19-35/h9-14,16-19,22-33H,5-8,15,20-21H2,1-4H3/q+1. The van der Waals surface area contributed by atoms with E-state index in [0.29, 0.717) is 0 Å². The fourth-order valence-electron chi connectivity index (χ4n) is 6.39. The number of rotatable bonds is 12. The minimum Gasteiger partial charge on any atom is -0.372 e. The minimum atomic E-state index is 0.889. The monoisotopic (exact) mass is 639 g/mol. The first kappa shape index (κ1) is 33.9. The zero-order chi connectivity index (χ0) is 33.0. The molecule has 0 atom stereocenters. The minimum absolute atomic E-state index is 0.889. The quantitative estimate of drug-likeness (QED) is 0.110. The van der Waals surface area contributed by atoms with E-state index in [-0.39, 0.29) is 0 Å². The van der Waals surface area contributed by atoms with Gasteiger partial charge in [0.1, 0.15) is 13.1 Å². The third-order valence-electron chi connectivity index (χ3n) is 9.12. The van der Waals surface area contributed by atoms with Gasteiger partial charge in [0.05, 0.1) is 0 Å². The van der Waals surface area contributed by atoms with Crippen LogP contribution >= 0.6 is 11.6 Å². The van der Waals surface area contributed by atoms with E-state index in [0.717, 1.165) is 50.5 Å². The molecule has 0 radical (unpaired) electrons. The summed E-state index contributed by atoms with van der Waals surface area (Å²) in [5, 5.41) is 0.889. The second kappa shape index (κ2) is 17.0. The summed E-state index contributed by atoms with van der Waals surface area (Å²) in [7, 11) is 0. The van der Waals surface area contributed by atoms with Crippen LogP contribution in [0.5, 0.6) is 0 Å². The van der Waals surface area contributed by atoms with E-state index in [9.17, 15) is 0 Å². The van der Waals surface area contributed by atoms with Gasteiger partial charge >= 0.3 is 0 Å². The summed E-state index contributed by atoms with van der Waals surface area (Å²) in [6, 6.07) is 39.0. The molecule has 47 heavy (non-hydrogen) atoms. The van der Waals surface area contributed by atoms with Crippen LogP contribution in [0, 0.1) is 0 Å². The Labute approximate surface area is 287 Å². The molecule has 0 amide bonds. The Hall–Kier alpha value is -4.40. The van der Waals surface area contributed by atoms with E-state index in [1.165, 1.54) is 55.9 Å². The molecule has 0 aromatic heterocycles. The highest BCUT2D eigenvalue weighted by atomic mass is 35.5. The van der Waals surface area contributed by atoms with E-state index in [1.54, 1.807) is 0 Å². The fourth-order valence-corrected chi connectivity index (χ4v) is 6.71. The van der Waals surface area contributed by atoms with Gasteiger partial charge in [-0.15, -0.1) is 0 Å². The average molecular weight is 640 g/mol. The number of hydrogen-bond donors (Lipinski definition) is 0. The van der Waals surface area contributed by atoms with E-state index in [1.807, 2.05) is 0 Å². The first-order valence-corrected chi connectivity index (χ1v) is 17.6. The molecule has 0 saturated carbocycles. The van der Waals surface area contributed by atoms with Crippen LogP contribution in [0.3, 0.4) is 0 Å². The van der Waals surface area contributed by atoms with Gasteiger partial charge in [-0.3, -0.25) is 0 Å². The number of allylic oxidation sites excluding steroid dienone is 7. The number of nitrogens with zero attached hydrogens (tertiary/aromatic N) is 2. The van der Waals surface area contributed by atoms with Crippen LogP contribution in [-0.2, 0) is 0 Å². The Morgan fingerprint density at radius 1 is 0.660 bits per heavy atom.